The van der Waals surface area contributed by atoms with Crippen LogP contribution in [0.5, 0.6) is 0 Å². The highest BCUT2D eigenvalue weighted by Crippen LogP contribution is 2.27. The van der Waals surface area contributed by atoms with Crippen molar-refractivity contribution < 1.29 is 9.52 Å². The molecule has 0 aliphatic carbocycles. The van der Waals surface area contributed by atoms with Gasteiger partial charge in [0, 0.05) is 18.7 Å². The summed E-state index contributed by atoms with van der Waals surface area (Å²) in [6.07, 6.45) is 0. The van der Waals surface area contributed by atoms with Crippen molar-refractivity contribution in [3.05, 3.63) is 45.5 Å². The summed E-state index contributed by atoms with van der Waals surface area (Å²) >= 11 is 1.71. The maximum atomic E-state index is 10.8. The molecule has 0 radical (unpaired) electrons. The Kier molecular flexibility index (Phi) is 6.67. The van der Waals surface area contributed by atoms with Crippen molar-refractivity contribution in [2.24, 2.45) is 4.99 Å². The van der Waals surface area contributed by atoms with E-state index in [4.69, 9.17) is 4.42 Å². The highest BCUT2D eigenvalue weighted by atomic mass is 32.1. The van der Waals surface area contributed by atoms with Crippen molar-refractivity contribution in [3.8, 4) is 0 Å². The van der Waals surface area contributed by atoms with Gasteiger partial charge in [0.25, 0.3) is 0 Å². The molecule has 2 rings (SSSR count). The lowest BCUT2D eigenvalue weighted by Crippen LogP contribution is -2.40. The van der Waals surface area contributed by atoms with Crippen LogP contribution in [0.15, 0.2) is 32.3 Å². The van der Waals surface area contributed by atoms with E-state index in [-0.39, 0.29) is 6.54 Å². The highest BCUT2D eigenvalue weighted by molar-refractivity contribution is 7.07. The first kappa shape index (κ1) is 19.5. The number of furan rings is 1. The number of aliphatic hydroxyl groups is 1. The van der Waals surface area contributed by atoms with Crippen LogP contribution in [0, 0.1) is 13.8 Å². The normalized spacial score (nSPS) is 15.7. The van der Waals surface area contributed by atoms with Gasteiger partial charge in [-0.2, -0.15) is 11.3 Å². The number of thiophene rings is 1. The van der Waals surface area contributed by atoms with Crippen LogP contribution in [-0.4, -0.2) is 30.7 Å². The Labute approximate surface area is 154 Å². The van der Waals surface area contributed by atoms with Gasteiger partial charge in [-0.1, -0.05) is 6.92 Å². The molecule has 0 saturated heterocycles. The van der Waals surface area contributed by atoms with E-state index in [1.807, 2.05) is 26.8 Å². The second-order valence-electron chi connectivity index (χ2n) is 6.63. The Balaban J connectivity index is 2.02. The first-order valence-electron chi connectivity index (χ1n) is 8.67. The van der Waals surface area contributed by atoms with Crippen molar-refractivity contribution >= 4 is 17.3 Å². The Hall–Kier alpha value is -1.79. The number of nitrogens with one attached hydrogen (secondary N) is 2. The minimum Gasteiger partial charge on any atom is -0.466 e. The fourth-order valence-electron chi connectivity index (χ4n) is 2.75. The Morgan fingerprint density at radius 1 is 1.40 bits per heavy atom. The summed E-state index contributed by atoms with van der Waals surface area (Å²) in [6.45, 7) is 11.5. The molecule has 0 spiro atoms. The number of aryl methyl sites for hydroxylation is 2. The lowest BCUT2D eigenvalue weighted by atomic mass is 9.96. The maximum absolute atomic E-state index is 10.8. The molecular formula is C19H29N3O2S. The molecule has 2 unspecified atom stereocenters. The molecule has 0 fully saturated rings. The summed E-state index contributed by atoms with van der Waals surface area (Å²) < 4.78 is 5.54. The van der Waals surface area contributed by atoms with Gasteiger partial charge < -0.3 is 20.2 Å². The molecule has 0 aromatic carbocycles. The molecule has 5 nitrogen and oxygen atoms in total. The predicted molar refractivity (Wildman–Crippen MR) is 104 cm³/mol. The Morgan fingerprint density at radius 2 is 2.16 bits per heavy atom. The molecule has 0 amide bonds. The smallest absolute Gasteiger partial charge is 0.191 e. The molecule has 3 N–H and O–H groups in total. The van der Waals surface area contributed by atoms with Crippen LogP contribution < -0.4 is 10.6 Å². The number of hydrogen-bond donors (Lipinski definition) is 3. The van der Waals surface area contributed by atoms with Crippen LogP contribution in [-0.2, 0) is 5.60 Å². The second kappa shape index (κ2) is 8.54. The van der Waals surface area contributed by atoms with E-state index < -0.39 is 5.60 Å². The van der Waals surface area contributed by atoms with Gasteiger partial charge in [-0.25, -0.2) is 4.99 Å². The quantitative estimate of drug-likeness (QED) is 0.520. The van der Waals surface area contributed by atoms with Crippen LogP contribution in [0.4, 0.5) is 0 Å². The van der Waals surface area contributed by atoms with Crippen LogP contribution in [0.1, 0.15) is 49.3 Å². The molecule has 0 aliphatic rings. The zero-order valence-electron chi connectivity index (χ0n) is 15.7. The lowest BCUT2D eigenvalue weighted by molar-refractivity contribution is 0.0657. The molecular weight excluding hydrogens is 334 g/mol. The Bertz CT molecular complexity index is 690. The minimum absolute atomic E-state index is 0.259. The zero-order chi connectivity index (χ0) is 18.4. The summed E-state index contributed by atoms with van der Waals surface area (Å²) in [5, 5.41) is 21.7. The number of nitrogens with zero attached hydrogens (tertiary/aromatic N) is 1. The molecule has 138 valence electrons. The average Bonchev–Trinajstić information content (AvgIpc) is 3.19. The van der Waals surface area contributed by atoms with E-state index >= 15 is 0 Å². The first-order valence-corrected chi connectivity index (χ1v) is 9.62. The van der Waals surface area contributed by atoms with E-state index in [0.717, 1.165) is 30.2 Å². The summed E-state index contributed by atoms with van der Waals surface area (Å²) in [4.78, 5) is 4.57. The van der Waals surface area contributed by atoms with Crippen LogP contribution in [0.25, 0.3) is 0 Å². The number of hydrogen-bond acceptors (Lipinski definition) is 4. The van der Waals surface area contributed by atoms with Gasteiger partial charge >= 0.3 is 0 Å². The standard InChI is InChI=1S/C19H29N3O2S/c1-6-20-18(21-10-13(2)16-7-8-25-11-16)22-12-19(5,23)17-9-14(3)24-15(17)4/h7-9,11,13,23H,6,10,12H2,1-5H3,(H2,20,21,22). The number of rotatable bonds is 7. The topological polar surface area (TPSA) is 69.8 Å². The number of aliphatic imine (C=N–C) groups is 1. The summed E-state index contributed by atoms with van der Waals surface area (Å²) in [5.74, 6) is 2.64. The molecule has 2 atom stereocenters. The number of guanidine groups is 1. The van der Waals surface area contributed by atoms with Crippen LogP contribution in [0.2, 0.25) is 0 Å². The predicted octanol–water partition coefficient (Wildman–Crippen LogP) is 3.52. The first-order chi connectivity index (χ1) is 11.8. The molecule has 0 bridgehead atoms. The lowest BCUT2D eigenvalue weighted by Gasteiger charge is -2.22. The van der Waals surface area contributed by atoms with Gasteiger partial charge in [0.05, 0.1) is 6.54 Å². The van der Waals surface area contributed by atoms with Gasteiger partial charge in [-0.15, -0.1) is 0 Å². The van der Waals surface area contributed by atoms with E-state index in [0.29, 0.717) is 11.9 Å². The van der Waals surface area contributed by atoms with Crippen LogP contribution >= 0.6 is 11.3 Å². The van der Waals surface area contributed by atoms with Gasteiger partial charge in [0.1, 0.15) is 17.1 Å². The largest absolute Gasteiger partial charge is 0.466 e. The van der Waals surface area contributed by atoms with Crippen molar-refractivity contribution in [3.63, 3.8) is 0 Å². The molecule has 0 aliphatic heterocycles. The van der Waals surface area contributed by atoms with Crippen molar-refractivity contribution in [1.82, 2.24) is 10.6 Å². The summed E-state index contributed by atoms with van der Waals surface area (Å²) in [5.41, 5.74) is 1.05. The van der Waals surface area contributed by atoms with Gasteiger partial charge in [0.15, 0.2) is 5.96 Å². The van der Waals surface area contributed by atoms with E-state index in [9.17, 15) is 5.11 Å². The van der Waals surface area contributed by atoms with Gasteiger partial charge in [-0.05, 0) is 62.1 Å². The van der Waals surface area contributed by atoms with Gasteiger partial charge in [0.2, 0.25) is 0 Å². The minimum atomic E-state index is -1.07. The van der Waals surface area contributed by atoms with Crippen molar-refractivity contribution in [2.75, 3.05) is 19.6 Å². The summed E-state index contributed by atoms with van der Waals surface area (Å²) in [7, 11) is 0. The fourth-order valence-corrected chi connectivity index (χ4v) is 3.53. The van der Waals surface area contributed by atoms with Gasteiger partial charge in [-0.3, -0.25) is 0 Å². The van der Waals surface area contributed by atoms with E-state index in [1.165, 1.54) is 5.56 Å². The zero-order valence-corrected chi connectivity index (χ0v) is 16.5. The van der Waals surface area contributed by atoms with Crippen molar-refractivity contribution in [2.45, 2.75) is 46.1 Å². The summed E-state index contributed by atoms with van der Waals surface area (Å²) in [6, 6.07) is 4.03. The third-order valence-corrected chi connectivity index (χ3v) is 4.90. The van der Waals surface area contributed by atoms with Crippen molar-refractivity contribution in [1.29, 1.82) is 0 Å². The Morgan fingerprint density at radius 3 is 2.72 bits per heavy atom. The fraction of sp³-hybridized carbons (Fsp3) is 0.526. The van der Waals surface area contributed by atoms with E-state index in [1.54, 1.807) is 18.3 Å². The molecule has 0 saturated carbocycles. The average molecular weight is 364 g/mol. The van der Waals surface area contributed by atoms with E-state index in [2.05, 4.69) is 39.4 Å². The monoisotopic (exact) mass is 363 g/mol. The molecule has 6 heteroatoms. The molecule has 2 heterocycles. The SMILES string of the molecule is CCNC(=NCC(C)(O)c1cc(C)oc1C)NCC(C)c1ccsc1. The molecule has 25 heavy (non-hydrogen) atoms. The maximum Gasteiger partial charge on any atom is 0.191 e. The third-order valence-electron chi connectivity index (χ3n) is 4.20. The highest BCUT2D eigenvalue weighted by Gasteiger charge is 2.27. The second-order valence-corrected chi connectivity index (χ2v) is 7.41. The molecule has 2 aromatic heterocycles. The van der Waals surface area contributed by atoms with Crippen LogP contribution in [0.3, 0.4) is 0 Å². The molecule has 2 aromatic rings. The third kappa shape index (κ3) is 5.34.